The molecule has 145 heavy (non-hydrogen) atoms. The third-order valence-electron chi connectivity index (χ3n) is 27.9. The maximum atomic E-state index is 13.7. The fourth-order valence-electron chi connectivity index (χ4n) is 19.4. The monoisotopic (exact) mass is 2100 g/mol. The standard InChI is InChI=1S/C94H166N4O47/c1-7-9-11-13-15-17-19-21-23-25-27-29-31-33-49(109)48(98-58(110)34-32-30-28-26-24-22-20-18-16-14-12-10-8-2)42-128-89-76(125)73(122)79(56(41-105)137-89)139-92-77(126)83(68(117)55(40-104)135-92)143-87-60(96-46(5)107)81(66(115)53(38-102)132-87)141-93-78(127)84(69(118)57(138-93)43-129-86-59(95-45(4)106)80(65(114)52(37-101)131-86)140-91-75(124)71(120)63(112)50(35-99)134-91)144-88-61(97-47(6)108)82(67(116)54(39-103)133-88)142-94-85(72(121)64(113)51(36-100)136-94)145-90-74(123)70(119)62(111)44(3)130-90/h31,33,44,48-57,59-94,99-105,109,111-127H,7-30,32,34-43H2,1-6H3,(H,95,106)(H,96,107)(H,97,108)(H,98,110)/b33-31+/t44?,48-,49+,50?,51?,52?,53?,54?,55?,56?,57?,59?,60?,61?,62+,63-,64-,65+,66+,67+,68-,69-,70?,71-,72-,73+,74-,75?,76?,77?,78?,79+,80+,81+,82+,83-,84-,85?,86+,87-,88-,89+,90+,91-,92-,93-,94-/m0/s1. The molecule has 51 nitrogen and oxygen atoms in total. The third-order valence-corrected chi connectivity index (χ3v) is 27.9. The summed E-state index contributed by atoms with van der Waals surface area (Å²) in [5, 5.41) is 295. The zero-order valence-electron chi connectivity index (χ0n) is 83.2. The van der Waals surface area contributed by atoms with Crippen LogP contribution in [0.5, 0.6) is 0 Å². The Kier molecular flexibility index (Phi) is 53.6. The van der Waals surface area contributed by atoms with Gasteiger partial charge in [-0.2, -0.15) is 0 Å². The second-order valence-corrected chi connectivity index (χ2v) is 39.1. The molecule has 9 aliphatic rings. The Morgan fingerprint density at radius 3 is 1.03 bits per heavy atom. The van der Waals surface area contributed by atoms with Gasteiger partial charge in [0, 0.05) is 27.2 Å². The van der Waals surface area contributed by atoms with Gasteiger partial charge in [0.05, 0.1) is 77.7 Å². The van der Waals surface area contributed by atoms with E-state index in [4.69, 9.17) is 85.3 Å². The Balaban J connectivity index is 0.976. The lowest BCUT2D eigenvalue weighted by Crippen LogP contribution is -2.71. The molecule has 51 heteroatoms. The molecule has 9 aliphatic heterocycles. The van der Waals surface area contributed by atoms with Gasteiger partial charge in [0.15, 0.2) is 56.6 Å². The SMILES string of the molecule is CCCCCCCCCCCCC/C=C/[C@@H](O)[C@H](CO[C@@H]1OC(CO)[C@@H](O[C@@H]2OC(CO)[C@H](O)[C@H](O[C@@H]3OC(CO)[C@@H](O)[C@H](O[C@@H]4OC(CO[C@@H]5OC(CO)[C@@H](O)[C@H](O[C@@H]6OC(CO)[C@H](O)[C@H](O)C6O)C5NC(C)=O)[C@H](O)[C@H](O[C@@H]5OC(CO)[C@@H](O)[C@H](O[C@@H]6OC(CO)[C@H](O)[C@H](O)C6O[C@H]6OC(C)[C@@H](O)C(O)[C@@H]6O)C5NC(C)=O)C4O)C3NC(C)=O)C2O)[C@H](O)C1O)NC(=O)CCCCCCCCCCCCCCC. The third kappa shape index (κ3) is 34.4. The Labute approximate surface area is 842 Å². The number of allylic oxidation sites excluding steroid dienone is 1. The molecule has 0 aliphatic carbocycles. The summed E-state index contributed by atoms with van der Waals surface area (Å²) >= 11 is 0. The lowest BCUT2D eigenvalue weighted by atomic mass is 9.93. The van der Waals surface area contributed by atoms with E-state index in [1.54, 1.807) is 0 Å². The van der Waals surface area contributed by atoms with Gasteiger partial charge in [-0.25, -0.2) is 0 Å². The maximum Gasteiger partial charge on any atom is 0.220 e. The van der Waals surface area contributed by atoms with Crippen molar-refractivity contribution in [3.05, 3.63) is 12.2 Å². The van der Waals surface area contributed by atoms with Crippen molar-refractivity contribution in [3.8, 4) is 0 Å². The smallest absolute Gasteiger partial charge is 0.220 e. The van der Waals surface area contributed by atoms with E-state index in [1.165, 1.54) is 96.5 Å². The summed E-state index contributed by atoms with van der Waals surface area (Å²) in [6, 6.07) is -7.16. The summed E-state index contributed by atoms with van der Waals surface area (Å²) in [6.45, 7) is -0.956. The molecular weight excluding hydrogens is 1940 g/mol. The molecule has 9 fully saturated rings. The van der Waals surface area contributed by atoms with Crippen LogP contribution in [0.3, 0.4) is 0 Å². The van der Waals surface area contributed by atoms with E-state index in [0.717, 1.165) is 85.0 Å². The van der Waals surface area contributed by atoms with E-state index in [0.29, 0.717) is 12.8 Å². The normalized spacial score (nSPS) is 41.0. The number of unbranched alkanes of at least 4 members (excludes halogenated alkanes) is 23. The first-order chi connectivity index (χ1) is 69.3. The predicted molar refractivity (Wildman–Crippen MR) is 493 cm³/mol. The summed E-state index contributed by atoms with van der Waals surface area (Å²) < 4.78 is 109. The summed E-state index contributed by atoms with van der Waals surface area (Å²) in [6.07, 6.45) is -58.0. The van der Waals surface area contributed by atoms with Gasteiger partial charge in [0.1, 0.15) is 213 Å². The number of carbonyl (C=O) groups is 4. The van der Waals surface area contributed by atoms with Crippen LogP contribution in [0.1, 0.15) is 208 Å². The number of rotatable bonds is 59. The van der Waals surface area contributed by atoms with E-state index >= 15 is 0 Å². The summed E-state index contributed by atoms with van der Waals surface area (Å²) in [5.41, 5.74) is 0. The van der Waals surface area contributed by atoms with Gasteiger partial charge in [0.2, 0.25) is 23.6 Å². The first-order valence-corrected chi connectivity index (χ1v) is 51.4. The topological polar surface area (TPSA) is 788 Å². The van der Waals surface area contributed by atoms with Crippen molar-refractivity contribution in [2.75, 3.05) is 59.5 Å². The van der Waals surface area contributed by atoms with E-state index in [9.17, 15) is 147 Å². The van der Waals surface area contributed by atoms with Gasteiger partial charge in [-0.1, -0.05) is 167 Å². The second-order valence-electron chi connectivity index (χ2n) is 39.1. The van der Waals surface area contributed by atoms with Crippen LogP contribution in [0.25, 0.3) is 0 Å². The van der Waals surface area contributed by atoms with Crippen LogP contribution >= 0.6 is 0 Å². The van der Waals surface area contributed by atoms with Crippen LogP contribution < -0.4 is 21.3 Å². The van der Waals surface area contributed by atoms with Crippen LogP contribution in [0, 0.1) is 0 Å². The molecule has 0 spiro atoms. The number of hydrogen-bond acceptors (Lipinski definition) is 47. The number of ether oxygens (including phenoxy) is 18. The average Bonchev–Trinajstić information content (AvgIpc) is 0.753. The van der Waals surface area contributed by atoms with Crippen LogP contribution in [0.2, 0.25) is 0 Å². The molecule has 0 bridgehead atoms. The molecule has 0 radical (unpaired) electrons. The molecule has 47 atom stereocenters. The van der Waals surface area contributed by atoms with Gasteiger partial charge in [-0.05, 0) is 26.2 Å². The molecule has 9 saturated heterocycles. The molecule has 18 unspecified atom stereocenters. The Morgan fingerprint density at radius 1 is 0.290 bits per heavy atom. The number of carbonyl (C=O) groups excluding carboxylic acids is 4. The summed E-state index contributed by atoms with van der Waals surface area (Å²) in [4.78, 5) is 54.2. The highest BCUT2D eigenvalue weighted by molar-refractivity contribution is 5.76. The van der Waals surface area contributed by atoms with Crippen LogP contribution in [0.15, 0.2) is 12.2 Å². The molecule has 9 heterocycles. The molecule has 4 amide bonds. The highest BCUT2D eigenvalue weighted by Crippen LogP contribution is 2.41. The minimum atomic E-state index is -2.61. The zero-order valence-corrected chi connectivity index (χ0v) is 83.2. The molecule has 0 aromatic heterocycles. The van der Waals surface area contributed by atoms with Crippen molar-refractivity contribution >= 4 is 23.6 Å². The molecule has 844 valence electrons. The number of hydrogen-bond donors (Lipinski definition) is 29. The lowest BCUT2D eigenvalue weighted by Gasteiger charge is -2.51. The number of aliphatic hydroxyl groups excluding tert-OH is 25. The average molecular weight is 2100 g/mol. The second kappa shape index (κ2) is 62.4. The predicted octanol–water partition coefficient (Wildman–Crippen LogP) is -8.56. The Morgan fingerprint density at radius 2 is 0.593 bits per heavy atom. The fourth-order valence-corrected chi connectivity index (χ4v) is 19.4. The van der Waals surface area contributed by atoms with E-state index in [1.807, 2.05) is 6.08 Å². The summed E-state index contributed by atoms with van der Waals surface area (Å²) in [5.74, 6) is -3.36. The van der Waals surface area contributed by atoms with E-state index in [-0.39, 0.29) is 6.42 Å². The van der Waals surface area contributed by atoms with Crippen LogP contribution in [-0.4, -0.2) is 499 Å². The van der Waals surface area contributed by atoms with Crippen molar-refractivity contribution in [2.24, 2.45) is 0 Å². The summed E-state index contributed by atoms with van der Waals surface area (Å²) in [7, 11) is 0. The number of amides is 4. The highest BCUT2D eigenvalue weighted by Gasteiger charge is 2.62. The molecule has 29 N–H and O–H groups in total. The zero-order chi connectivity index (χ0) is 106. The van der Waals surface area contributed by atoms with Crippen LogP contribution in [0.4, 0.5) is 0 Å². The largest absolute Gasteiger partial charge is 0.394 e. The minimum Gasteiger partial charge on any atom is -0.394 e. The fraction of sp³-hybridized carbons (Fsp3) is 0.936. The molecule has 0 aromatic rings. The first kappa shape index (κ1) is 124. The van der Waals surface area contributed by atoms with Gasteiger partial charge in [0.25, 0.3) is 0 Å². The van der Waals surface area contributed by atoms with Gasteiger partial charge >= 0.3 is 0 Å². The van der Waals surface area contributed by atoms with Gasteiger partial charge in [-0.15, -0.1) is 0 Å². The molecular formula is C94H166N4O47. The first-order valence-electron chi connectivity index (χ1n) is 51.4. The quantitative estimate of drug-likeness (QED) is 0.0199. The van der Waals surface area contributed by atoms with E-state index < -0.39 is 371 Å². The van der Waals surface area contributed by atoms with Crippen molar-refractivity contribution < 1.29 is 232 Å². The maximum absolute atomic E-state index is 13.7. The molecule has 0 aromatic carbocycles. The highest BCUT2D eigenvalue weighted by atomic mass is 16.8. The Hall–Kier alpha value is -4.10. The van der Waals surface area contributed by atoms with Crippen molar-refractivity contribution in [3.63, 3.8) is 0 Å². The van der Waals surface area contributed by atoms with Crippen molar-refractivity contribution in [1.82, 2.24) is 21.3 Å². The van der Waals surface area contributed by atoms with Gasteiger partial charge < -0.3 is 234 Å². The number of aliphatic hydroxyl groups is 25. The lowest BCUT2D eigenvalue weighted by molar-refractivity contribution is -0.392. The Bertz CT molecular complexity index is 3690. The van der Waals surface area contributed by atoms with Crippen molar-refractivity contribution in [2.45, 2.75) is 497 Å². The van der Waals surface area contributed by atoms with Crippen LogP contribution in [-0.2, 0) is 104 Å². The van der Waals surface area contributed by atoms with Crippen molar-refractivity contribution in [1.29, 1.82) is 0 Å². The minimum absolute atomic E-state index is 0.121. The van der Waals surface area contributed by atoms with E-state index in [2.05, 4.69) is 35.1 Å². The van der Waals surface area contributed by atoms with Gasteiger partial charge in [-0.3, -0.25) is 19.2 Å². The number of nitrogens with one attached hydrogen (secondary N) is 4. The molecule has 9 rings (SSSR count). The molecule has 0 saturated carbocycles.